The molecular formula is C24H23F3N2O2. The molecule has 1 amide bonds. The Kier molecular flexibility index (Phi) is 5.87. The first-order chi connectivity index (χ1) is 14.8. The molecule has 7 heteroatoms. The van der Waals surface area contributed by atoms with Crippen molar-refractivity contribution in [3.8, 4) is 11.5 Å². The van der Waals surface area contributed by atoms with Crippen molar-refractivity contribution >= 4 is 16.7 Å². The van der Waals surface area contributed by atoms with Crippen LogP contribution in [0.1, 0.15) is 22.8 Å². The summed E-state index contributed by atoms with van der Waals surface area (Å²) in [5.41, 5.74) is -0.110. The fourth-order valence-electron chi connectivity index (χ4n) is 3.71. The zero-order valence-electron chi connectivity index (χ0n) is 17.1. The first-order valence-corrected chi connectivity index (χ1v) is 10.2. The van der Waals surface area contributed by atoms with Crippen LogP contribution in [0.15, 0.2) is 60.7 Å². The Morgan fingerprint density at radius 1 is 1.10 bits per heavy atom. The van der Waals surface area contributed by atoms with Crippen LogP contribution in [0.3, 0.4) is 0 Å². The first-order valence-electron chi connectivity index (χ1n) is 10.2. The Hall–Kier alpha value is -3.06. The minimum atomic E-state index is -4.39. The summed E-state index contributed by atoms with van der Waals surface area (Å²) in [6.45, 7) is 5.41. The van der Waals surface area contributed by atoms with Gasteiger partial charge in [-0.2, -0.15) is 13.2 Å². The highest BCUT2D eigenvalue weighted by Crippen LogP contribution is 2.34. The number of halogens is 3. The lowest BCUT2D eigenvalue weighted by Crippen LogP contribution is -2.53. The number of nitrogens with zero attached hydrogens (tertiary/aromatic N) is 1. The number of alkyl halides is 3. The van der Waals surface area contributed by atoms with Gasteiger partial charge in [0.1, 0.15) is 11.5 Å². The molecule has 1 aliphatic heterocycles. The molecule has 0 spiro atoms. The normalized spacial score (nSPS) is 14.5. The molecule has 31 heavy (non-hydrogen) atoms. The SMILES string of the molecule is CCNCC1CN(C(=O)c2ccc3c(Oc4ccc(C(F)(F)F)cc4)cccc3c2)C1. The fraction of sp³-hybridized carbons (Fsp3) is 0.292. The first kappa shape index (κ1) is 21.2. The monoisotopic (exact) mass is 428 g/mol. The van der Waals surface area contributed by atoms with Gasteiger partial charge in [-0.3, -0.25) is 4.79 Å². The van der Waals surface area contributed by atoms with E-state index in [1.54, 1.807) is 18.2 Å². The number of amides is 1. The minimum absolute atomic E-state index is 0.00343. The molecule has 0 saturated carbocycles. The predicted molar refractivity (Wildman–Crippen MR) is 113 cm³/mol. The Bertz CT molecular complexity index is 1070. The lowest BCUT2D eigenvalue weighted by molar-refractivity contribution is -0.137. The molecule has 1 aliphatic rings. The van der Waals surface area contributed by atoms with Crippen molar-refractivity contribution in [2.45, 2.75) is 13.1 Å². The van der Waals surface area contributed by atoms with Gasteiger partial charge in [-0.15, -0.1) is 0 Å². The number of nitrogens with one attached hydrogen (secondary N) is 1. The van der Waals surface area contributed by atoms with E-state index >= 15 is 0 Å². The van der Waals surface area contributed by atoms with E-state index in [2.05, 4.69) is 12.2 Å². The van der Waals surface area contributed by atoms with E-state index < -0.39 is 11.7 Å². The van der Waals surface area contributed by atoms with Crippen molar-refractivity contribution in [1.82, 2.24) is 10.2 Å². The van der Waals surface area contributed by atoms with E-state index in [1.165, 1.54) is 12.1 Å². The largest absolute Gasteiger partial charge is 0.457 e. The third-order valence-electron chi connectivity index (χ3n) is 5.42. The van der Waals surface area contributed by atoms with Crippen molar-refractivity contribution < 1.29 is 22.7 Å². The van der Waals surface area contributed by atoms with Crippen molar-refractivity contribution in [2.75, 3.05) is 26.2 Å². The third-order valence-corrected chi connectivity index (χ3v) is 5.42. The molecule has 3 aromatic carbocycles. The number of carbonyl (C=O) groups excluding carboxylic acids is 1. The molecule has 4 nitrogen and oxygen atoms in total. The minimum Gasteiger partial charge on any atom is -0.457 e. The van der Waals surface area contributed by atoms with Crippen molar-refractivity contribution in [3.63, 3.8) is 0 Å². The van der Waals surface area contributed by atoms with Gasteiger partial charge < -0.3 is 15.0 Å². The van der Waals surface area contributed by atoms with Crippen molar-refractivity contribution in [2.24, 2.45) is 5.92 Å². The molecule has 4 rings (SSSR count). The zero-order chi connectivity index (χ0) is 22.0. The molecule has 0 aliphatic carbocycles. The summed E-state index contributed by atoms with van der Waals surface area (Å²) >= 11 is 0. The van der Waals surface area contributed by atoms with Crippen LogP contribution in [0.4, 0.5) is 13.2 Å². The number of carbonyl (C=O) groups is 1. The van der Waals surface area contributed by atoms with E-state index in [0.29, 0.717) is 23.0 Å². The van der Waals surface area contributed by atoms with Gasteiger partial charge in [0.05, 0.1) is 5.56 Å². The Morgan fingerprint density at radius 3 is 2.52 bits per heavy atom. The second-order valence-corrected chi connectivity index (χ2v) is 7.70. The lowest BCUT2D eigenvalue weighted by Gasteiger charge is -2.39. The van der Waals surface area contributed by atoms with Crippen LogP contribution in [0.2, 0.25) is 0 Å². The molecule has 3 aromatic rings. The van der Waals surface area contributed by atoms with Crippen LogP contribution >= 0.6 is 0 Å². The molecule has 1 heterocycles. The van der Waals surface area contributed by atoms with E-state index in [9.17, 15) is 18.0 Å². The molecule has 0 atom stereocenters. The number of likely N-dealkylation sites (tertiary alicyclic amines) is 1. The molecule has 1 fully saturated rings. The second kappa shape index (κ2) is 8.59. The van der Waals surface area contributed by atoms with Gasteiger partial charge in [0.2, 0.25) is 0 Å². The number of rotatable bonds is 6. The van der Waals surface area contributed by atoms with Crippen LogP contribution < -0.4 is 10.1 Å². The van der Waals surface area contributed by atoms with Gasteiger partial charge >= 0.3 is 6.18 Å². The zero-order valence-corrected chi connectivity index (χ0v) is 17.1. The number of ether oxygens (including phenoxy) is 1. The quantitative estimate of drug-likeness (QED) is 0.577. The van der Waals surface area contributed by atoms with Crippen LogP contribution in [-0.2, 0) is 6.18 Å². The summed E-state index contributed by atoms with van der Waals surface area (Å²) in [4.78, 5) is 14.6. The number of fused-ring (bicyclic) bond motifs is 1. The summed E-state index contributed by atoms with van der Waals surface area (Å²) in [5, 5.41) is 4.92. The highest BCUT2D eigenvalue weighted by Gasteiger charge is 2.31. The van der Waals surface area contributed by atoms with Crippen LogP contribution in [0.5, 0.6) is 11.5 Å². The topological polar surface area (TPSA) is 41.6 Å². The molecule has 1 saturated heterocycles. The lowest BCUT2D eigenvalue weighted by atomic mass is 9.98. The molecule has 0 bridgehead atoms. The van der Waals surface area contributed by atoms with Gasteiger partial charge in [-0.05, 0) is 60.5 Å². The Balaban J connectivity index is 1.49. The average Bonchev–Trinajstić information content (AvgIpc) is 2.72. The molecule has 162 valence electrons. The predicted octanol–water partition coefficient (Wildman–Crippen LogP) is 5.33. The van der Waals surface area contributed by atoms with Crippen LogP contribution in [-0.4, -0.2) is 37.0 Å². The molecular weight excluding hydrogens is 405 g/mol. The number of hydrogen-bond donors (Lipinski definition) is 1. The van der Waals surface area contributed by atoms with E-state index in [1.807, 2.05) is 23.1 Å². The van der Waals surface area contributed by atoms with E-state index in [-0.39, 0.29) is 5.91 Å². The number of benzene rings is 3. The number of hydrogen-bond acceptors (Lipinski definition) is 3. The molecule has 0 aromatic heterocycles. The average molecular weight is 428 g/mol. The summed E-state index contributed by atoms with van der Waals surface area (Å²) in [6, 6.07) is 15.4. The van der Waals surface area contributed by atoms with Crippen molar-refractivity contribution in [3.05, 3.63) is 71.8 Å². The van der Waals surface area contributed by atoms with Gasteiger partial charge in [-0.25, -0.2) is 0 Å². The third kappa shape index (κ3) is 4.66. The Morgan fingerprint density at radius 2 is 1.84 bits per heavy atom. The standard InChI is InChI=1S/C24H23F3N2O2/c1-2-28-13-16-14-29(15-16)23(30)18-6-11-21-17(12-18)4-3-5-22(21)31-20-9-7-19(8-10-20)24(25,26)27/h3-12,16,28H,2,13-15H2,1H3. The van der Waals surface area contributed by atoms with E-state index in [0.717, 1.165) is 49.1 Å². The van der Waals surface area contributed by atoms with E-state index in [4.69, 9.17) is 4.74 Å². The maximum atomic E-state index is 12.8. The summed E-state index contributed by atoms with van der Waals surface area (Å²) in [6.07, 6.45) is -4.39. The smallest absolute Gasteiger partial charge is 0.416 e. The second-order valence-electron chi connectivity index (χ2n) is 7.70. The molecule has 1 N–H and O–H groups in total. The maximum absolute atomic E-state index is 12.8. The maximum Gasteiger partial charge on any atom is 0.416 e. The van der Waals surface area contributed by atoms with Crippen LogP contribution in [0.25, 0.3) is 10.8 Å². The highest BCUT2D eigenvalue weighted by atomic mass is 19.4. The highest BCUT2D eigenvalue weighted by molar-refractivity contribution is 6.00. The Labute approximate surface area is 178 Å². The summed E-state index contributed by atoms with van der Waals surface area (Å²) < 4.78 is 44.1. The van der Waals surface area contributed by atoms with Crippen molar-refractivity contribution in [1.29, 1.82) is 0 Å². The summed E-state index contributed by atoms with van der Waals surface area (Å²) in [5.74, 6) is 1.33. The molecule has 0 unspecified atom stereocenters. The van der Waals surface area contributed by atoms with Gasteiger partial charge in [0, 0.05) is 36.5 Å². The summed E-state index contributed by atoms with van der Waals surface area (Å²) in [7, 11) is 0. The van der Waals surface area contributed by atoms with Gasteiger partial charge in [-0.1, -0.05) is 19.1 Å². The van der Waals surface area contributed by atoms with Gasteiger partial charge in [0.25, 0.3) is 5.91 Å². The fourth-order valence-corrected chi connectivity index (χ4v) is 3.71. The van der Waals surface area contributed by atoms with Gasteiger partial charge in [0.15, 0.2) is 0 Å². The molecule has 0 radical (unpaired) electrons. The van der Waals surface area contributed by atoms with Crippen LogP contribution in [0, 0.1) is 5.92 Å².